The van der Waals surface area contributed by atoms with Gasteiger partial charge in [-0.3, -0.25) is 0 Å². The molecule has 0 saturated heterocycles. The fraction of sp³-hybridized carbons (Fsp3) is 0.0800. The molecule has 0 fully saturated rings. The molecule has 3 aromatic rings. The Labute approximate surface area is 208 Å². The zero-order valence-electron chi connectivity index (χ0n) is 18.0. The molecular weight excluding hydrogens is 526 g/mol. The summed E-state index contributed by atoms with van der Waals surface area (Å²) in [4.78, 5) is 29.5. The molecule has 0 amide bonds. The van der Waals surface area contributed by atoms with Crippen LogP contribution in [0, 0.1) is 0 Å². The van der Waals surface area contributed by atoms with Crippen molar-refractivity contribution in [1.29, 1.82) is 0 Å². The van der Waals surface area contributed by atoms with Gasteiger partial charge in [0.05, 0.1) is 25.3 Å². The van der Waals surface area contributed by atoms with Gasteiger partial charge in [-0.15, -0.1) is 0 Å². The van der Waals surface area contributed by atoms with E-state index in [2.05, 4.69) is 20.9 Å². The Bertz CT molecular complexity index is 1330. The van der Waals surface area contributed by atoms with Gasteiger partial charge >= 0.3 is 11.9 Å². The maximum atomic E-state index is 12.7. The number of aliphatic imine (C=N–C) groups is 1. The number of hydrogen-bond donors (Lipinski definition) is 0. The van der Waals surface area contributed by atoms with Crippen molar-refractivity contribution in [3.8, 4) is 17.2 Å². The van der Waals surface area contributed by atoms with E-state index >= 15 is 0 Å². The second kappa shape index (κ2) is 10.1. The van der Waals surface area contributed by atoms with Crippen molar-refractivity contribution in [3.05, 3.63) is 92.5 Å². The molecule has 3 aromatic carbocycles. The molecule has 0 spiro atoms. The van der Waals surface area contributed by atoms with Crippen LogP contribution in [0.4, 0.5) is 0 Å². The quantitative estimate of drug-likeness (QED) is 0.226. The minimum Gasteiger partial charge on any atom is -0.497 e. The smallest absolute Gasteiger partial charge is 0.363 e. The van der Waals surface area contributed by atoms with E-state index < -0.39 is 11.9 Å². The van der Waals surface area contributed by atoms with Crippen molar-refractivity contribution in [2.75, 3.05) is 14.2 Å². The van der Waals surface area contributed by atoms with Crippen LogP contribution in [0.15, 0.2) is 75.8 Å². The molecule has 0 atom stereocenters. The van der Waals surface area contributed by atoms with Gasteiger partial charge in [0.1, 0.15) is 17.2 Å². The highest BCUT2D eigenvalue weighted by Crippen LogP contribution is 2.31. The Hall–Kier alpha value is -3.62. The number of benzene rings is 3. The van der Waals surface area contributed by atoms with Gasteiger partial charge in [0.2, 0.25) is 5.90 Å². The lowest BCUT2D eigenvalue weighted by atomic mass is 10.1. The summed E-state index contributed by atoms with van der Waals surface area (Å²) in [5.41, 5.74) is 1.26. The first-order chi connectivity index (χ1) is 16.4. The summed E-state index contributed by atoms with van der Waals surface area (Å²) in [5, 5.41) is 0.437. The number of hydrogen-bond acceptors (Lipinski definition) is 7. The molecule has 34 heavy (non-hydrogen) atoms. The summed E-state index contributed by atoms with van der Waals surface area (Å²) in [7, 11) is 3.03. The monoisotopic (exact) mass is 541 g/mol. The van der Waals surface area contributed by atoms with E-state index in [4.69, 9.17) is 30.5 Å². The topological polar surface area (TPSA) is 83.4 Å². The van der Waals surface area contributed by atoms with E-state index in [0.29, 0.717) is 33.2 Å². The summed E-state index contributed by atoms with van der Waals surface area (Å²) in [6, 6.07) is 16.5. The van der Waals surface area contributed by atoms with Crippen LogP contribution < -0.4 is 14.2 Å². The average Bonchev–Trinajstić information content (AvgIpc) is 3.20. The second-order valence-corrected chi connectivity index (χ2v) is 8.33. The minimum absolute atomic E-state index is 0.0249. The Kier molecular flexibility index (Phi) is 7.00. The Morgan fingerprint density at radius 1 is 1.00 bits per heavy atom. The second-order valence-electron chi connectivity index (χ2n) is 6.98. The molecule has 0 aliphatic carbocycles. The highest BCUT2D eigenvalue weighted by Gasteiger charge is 2.27. The summed E-state index contributed by atoms with van der Waals surface area (Å²) in [6.45, 7) is 0. The largest absolute Gasteiger partial charge is 0.497 e. The molecule has 0 aromatic heterocycles. The summed E-state index contributed by atoms with van der Waals surface area (Å²) >= 11 is 9.48. The van der Waals surface area contributed by atoms with Gasteiger partial charge in [-0.1, -0.05) is 27.5 Å². The van der Waals surface area contributed by atoms with Crippen LogP contribution in [-0.2, 0) is 9.53 Å². The SMILES string of the molecule is COc1ccc(C(=O)Oc2ccc(Br)cc2/C=C2\N=C(c3cc(Cl)ccc3OC)OC2=O)cc1. The van der Waals surface area contributed by atoms with Crippen LogP contribution >= 0.6 is 27.5 Å². The van der Waals surface area contributed by atoms with Gasteiger partial charge in [-0.05, 0) is 66.7 Å². The first kappa shape index (κ1) is 23.5. The number of ether oxygens (including phenoxy) is 4. The zero-order chi connectivity index (χ0) is 24.2. The molecule has 172 valence electrons. The van der Waals surface area contributed by atoms with Crippen molar-refractivity contribution in [1.82, 2.24) is 0 Å². The van der Waals surface area contributed by atoms with Crippen molar-refractivity contribution < 1.29 is 28.5 Å². The van der Waals surface area contributed by atoms with Gasteiger partial charge in [0.25, 0.3) is 0 Å². The van der Waals surface area contributed by atoms with Gasteiger partial charge in [0.15, 0.2) is 5.70 Å². The molecule has 1 heterocycles. The predicted octanol–water partition coefficient (Wildman–Crippen LogP) is 5.68. The van der Waals surface area contributed by atoms with E-state index in [-0.39, 0.29) is 17.3 Å². The number of esters is 2. The number of carbonyl (C=O) groups excluding carboxylic acids is 2. The van der Waals surface area contributed by atoms with E-state index in [1.54, 1.807) is 67.8 Å². The van der Waals surface area contributed by atoms with Gasteiger partial charge in [-0.25, -0.2) is 14.6 Å². The lowest BCUT2D eigenvalue weighted by molar-refractivity contribution is -0.129. The molecule has 1 aliphatic rings. The number of halogens is 2. The Morgan fingerprint density at radius 3 is 2.44 bits per heavy atom. The van der Waals surface area contributed by atoms with Crippen LogP contribution in [0.1, 0.15) is 21.5 Å². The number of carbonyl (C=O) groups is 2. The average molecular weight is 543 g/mol. The van der Waals surface area contributed by atoms with E-state index in [1.807, 2.05) is 0 Å². The molecule has 0 bridgehead atoms. The molecule has 1 aliphatic heterocycles. The summed E-state index contributed by atoms with van der Waals surface area (Å²) < 4.78 is 22.1. The number of cyclic esters (lactones) is 1. The molecule has 7 nitrogen and oxygen atoms in total. The highest BCUT2D eigenvalue weighted by molar-refractivity contribution is 9.10. The lowest BCUT2D eigenvalue weighted by Crippen LogP contribution is -2.09. The molecule has 0 radical (unpaired) electrons. The maximum absolute atomic E-state index is 12.7. The van der Waals surface area contributed by atoms with Crippen LogP contribution in [0.25, 0.3) is 6.08 Å². The number of nitrogens with zero attached hydrogens (tertiary/aromatic N) is 1. The van der Waals surface area contributed by atoms with Crippen LogP contribution in [0.2, 0.25) is 5.02 Å². The summed E-state index contributed by atoms with van der Waals surface area (Å²) in [5.74, 6) is 0.149. The van der Waals surface area contributed by atoms with Crippen molar-refractivity contribution in [2.45, 2.75) is 0 Å². The third-order valence-corrected chi connectivity index (χ3v) is 5.53. The van der Waals surface area contributed by atoms with Crippen molar-refractivity contribution in [3.63, 3.8) is 0 Å². The van der Waals surface area contributed by atoms with E-state index in [1.165, 1.54) is 13.2 Å². The van der Waals surface area contributed by atoms with E-state index in [0.717, 1.165) is 4.47 Å². The molecular formula is C25H17BrClNO6. The first-order valence-corrected chi connectivity index (χ1v) is 11.1. The van der Waals surface area contributed by atoms with Gasteiger partial charge < -0.3 is 18.9 Å². The first-order valence-electron chi connectivity index (χ1n) is 9.90. The van der Waals surface area contributed by atoms with Crippen molar-refractivity contribution >= 4 is 51.4 Å². The molecule has 4 rings (SSSR count). The Balaban J connectivity index is 1.66. The van der Waals surface area contributed by atoms with Gasteiger partial charge in [0, 0.05) is 15.1 Å². The van der Waals surface area contributed by atoms with Crippen LogP contribution in [-0.4, -0.2) is 32.1 Å². The van der Waals surface area contributed by atoms with Crippen LogP contribution in [0.3, 0.4) is 0 Å². The summed E-state index contributed by atoms with van der Waals surface area (Å²) in [6.07, 6.45) is 1.48. The third-order valence-electron chi connectivity index (χ3n) is 4.80. The predicted molar refractivity (Wildman–Crippen MR) is 131 cm³/mol. The Morgan fingerprint density at radius 2 is 1.74 bits per heavy atom. The third kappa shape index (κ3) is 5.13. The fourth-order valence-electron chi connectivity index (χ4n) is 3.13. The molecule has 9 heteroatoms. The number of rotatable bonds is 6. The van der Waals surface area contributed by atoms with E-state index in [9.17, 15) is 9.59 Å². The molecule has 0 unspecified atom stereocenters. The fourth-order valence-corrected chi connectivity index (χ4v) is 3.68. The minimum atomic E-state index is -0.663. The van der Waals surface area contributed by atoms with Crippen molar-refractivity contribution in [2.24, 2.45) is 4.99 Å². The highest BCUT2D eigenvalue weighted by atomic mass is 79.9. The zero-order valence-corrected chi connectivity index (χ0v) is 20.3. The standard InChI is InChI=1S/C25H17BrClNO6/c1-31-18-7-3-14(4-8-18)24(29)33-21-9-5-16(26)11-15(21)12-20-25(30)34-23(28-20)19-13-17(27)6-10-22(19)32-2/h3-13H,1-2H3/b20-12-. The van der Waals surface area contributed by atoms with Crippen LogP contribution in [0.5, 0.6) is 17.2 Å². The molecule has 0 N–H and O–H groups in total. The number of methoxy groups -OCH3 is 2. The molecule has 0 saturated carbocycles. The maximum Gasteiger partial charge on any atom is 0.363 e. The lowest BCUT2D eigenvalue weighted by Gasteiger charge is -2.09. The normalized spacial score (nSPS) is 13.9. The van der Waals surface area contributed by atoms with Gasteiger partial charge in [-0.2, -0.15) is 0 Å².